The SMILES string of the molecule is O=P(O)(O)C1CCCC(O)(c2ncn[nH]2)C1. The molecule has 0 aliphatic heterocycles. The lowest BCUT2D eigenvalue weighted by molar-refractivity contribution is -0.00963. The normalized spacial score (nSPS) is 31.6. The molecule has 2 unspecified atom stereocenters. The van der Waals surface area contributed by atoms with Crippen LogP contribution in [0.5, 0.6) is 0 Å². The summed E-state index contributed by atoms with van der Waals surface area (Å²) in [5, 5.41) is 16.5. The molecule has 0 saturated heterocycles. The van der Waals surface area contributed by atoms with E-state index in [1.54, 1.807) is 0 Å². The van der Waals surface area contributed by atoms with Crippen molar-refractivity contribution >= 4 is 7.60 Å². The summed E-state index contributed by atoms with van der Waals surface area (Å²) < 4.78 is 11.2. The predicted octanol–water partition coefficient (Wildman–Crippen LogP) is 0.113. The molecule has 1 aliphatic rings. The first-order valence-corrected chi connectivity index (χ1v) is 6.73. The number of aromatic amines is 1. The third-order valence-electron chi connectivity index (χ3n) is 3.03. The minimum absolute atomic E-state index is 0.0203. The van der Waals surface area contributed by atoms with Crippen molar-refractivity contribution in [3.63, 3.8) is 0 Å². The van der Waals surface area contributed by atoms with Gasteiger partial charge in [0.15, 0.2) is 5.82 Å². The second kappa shape index (κ2) is 3.92. The summed E-state index contributed by atoms with van der Waals surface area (Å²) in [6.45, 7) is 0. The molecule has 0 aromatic carbocycles. The molecule has 90 valence electrons. The summed E-state index contributed by atoms with van der Waals surface area (Å²) >= 11 is 0. The van der Waals surface area contributed by atoms with E-state index in [4.69, 9.17) is 9.79 Å². The van der Waals surface area contributed by atoms with Gasteiger partial charge >= 0.3 is 7.60 Å². The van der Waals surface area contributed by atoms with Gasteiger partial charge in [0, 0.05) is 0 Å². The van der Waals surface area contributed by atoms with Crippen LogP contribution in [-0.2, 0) is 10.2 Å². The molecule has 1 fully saturated rings. The largest absolute Gasteiger partial charge is 0.382 e. The van der Waals surface area contributed by atoms with Crippen LogP contribution in [0.4, 0.5) is 0 Å². The highest BCUT2D eigenvalue weighted by molar-refractivity contribution is 7.52. The highest BCUT2D eigenvalue weighted by Crippen LogP contribution is 2.52. The maximum absolute atomic E-state index is 11.2. The molecule has 7 nitrogen and oxygen atoms in total. The fourth-order valence-corrected chi connectivity index (χ4v) is 3.21. The Kier molecular flexibility index (Phi) is 2.88. The molecule has 0 spiro atoms. The molecule has 1 heterocycles. The molecule has 0 bridgehead atoms. The molecular weight excluding hydrogens is 233 g/mol. The molecule has 8 heteroatoms. The summed E-state index contributed by atoms with van der Waals surface area (Å²) in [6, 6.07) is 0. The maximum Gasteiger partial charge on any atom is 0.328 e. The van der Waals surface area contributed by atoms with Crippen molar-refractivity contribution in [2.24, 2.45) is 0 Å². The lowest BCUT2D eigenvalue weighted by Gasteiger charge is -2.35. The van der Waals surface area contributed by atoms with Crippen LogP contribution in [0.25, 0.3) is 0 Å². The van der Waals surface area contributed by atoms with Gasteiger partial charge < -0.3 is 14.9 Å². The Morgan fingerprint density at radius 1 is 1.56 bits per heavy atom. The van der Waals surface area contributed by atoms with Crippen LogP contribution >= 0.6 is 7.60 Å². The fraction of sp³-hybridized carbons (Fsp3) is 0.750. The van der Waals surface area contributed by atoms with E-state index >= 15 is 0 Å². The Balaban J connectivity index is 2.21. The van der Waals surface area contributed by atoms with E-state index in [9.17, 15) is 9.67 Å². The second-order valence-corrected chi connectivity index (χ2v) is 6.11. The van der Waals surface area contributed by atoms with Crippen LogP contribution in [0.15, 0.2) is 6.33 Å². The number of hydrogen-bond acceptors (Lipinski definition) is 4. The fourth-order valence-electron chi connectivity index (χ4n) is 2.16. The quantitative estimate of drug-likeness (QED) is 0.551. The Morgan fingerprint density at radius 3 is 2.88 bits per heavy atom. The van der Waals surface area contributed by atoms with E-state index in [1.165, 1.54) is 6.33 Å². The molecule has 1 aromatic rings. The Hall–Kier alpha value is -0.750. The van der Waals surface area contributed by atoms with E-state index < -0.39 is 18.9 Å². The van der Waals surface area contributed by atoms with Gasteiger partial charge in [-0.25, -0.2) is 4.98 Å². The van der Waals surface area contributed by atoms with Crippen molar-refractivity contribution < 1.29 is 19.5 Å². The number of rotatable bonds is 2. The van der Waals surface area contributed by atoms with Gasteiger partial charge in [0.2, 0.25) is 0 Å². The van der Waals surface area contributed by atoms with Crippen molar-refractivity contribution in [2.45, 2.75) is 36.9 Å². The molecule has 2 rings (SSSR count). The third-order valence-corrected chi connectivity index (χ3v) is 4.42. The zero-order valence-corrected chi connectivity index (χ0v) is 9.47. The minimum Gasteiger partial charge on any atom is -0.382 e. The van der Waals surface area contributed by atoms with Gasteiger partial charge in [-0.3, -0.25) is 9.66 Å². The maximum atomic E-state index is 11.2. The Bertz CT molecular complexity index is 403. The van der Waals surface area contributed by atoms with Crippen molar-refractivity contribution in [3.05, 3.63) is 12.2 Å². The molecule has 2 atom stereocenters. The second-order valence-electron chi connectivity index (χ2n) is 4.20. The number of nitrogens with zero attached hydrogens (tertiary/aromatic N) is 2. The van der Waals surface area contributed by atoms with Crippen molar-refractivity contribution in [1.29, 1.82) is 0 Å². The summed E-state index contributed by atoms with van der Waals surface area (Å²) in [4.78, 5) is 22.1. The molecule has 1 aliphatic carbocycles. The van der Waals surface area contributed by atoms with Crippen molar-refractivity contribution in [1.82, 2.24) is 15.2 Å². The molecule has 0 amide bonds. The summed E-state index contributed by atoms with van der Waals surface area (Å²) in [6.07, 6.45) is 2.73. The third kappa shape index (κ3) is 2.17. The summed E-state index contributed by atoms with van der Waals surface area (Å²) in [7, 11) is -4.14. The van der Waals surface area contributed by atoms with Crippen LogP contribution in [-0.4, -0.2) is 35.7 Å². The highest BCUT2D eigenvalue weighted by atomic mass is 31.2. The minimum atomic E-state index is -4.14. The van der Waals surface area contributed by atoms with E-state index in [0.29, 0.717) is 19.3 Å². The predicted molar refractivity (Wildman–Crippen MR) is 54.6 cm³/mol. The molecular formula is C8H14N3O4P. The van der Waals surface area contributed by atoms with E-state index in [2.05, 4.69) is 15.2 Å². The monoisotopic (exact) mass is 247 g/mol. The van der Waals surface area contributed by atoms with Crippen molar-refractivity contribution in [3.8, 4) is 0 Å². The number of aromatic nitrogens is 3. The number of hydrogen-bond donors (Lipinski definition) is 4. The van der Waals surface area contributed by atoms with Gasteiger partial charge in [-0.15, -0.1) is 0 Å². The highest BCUT2D eigenvalue weighted by Gasteiger charge is 2.44. The Labute approximate surface area is 92.1 Å². The number of H-pyrrole nitrogens is 1. The average Bonchev–Trinajstić information content (AvgIpc) is 2.69. The van der Waals surface area contributed by atoms with Gasteiger partial charge in [-0.1, -0.05) is 0 Å². The molecule has 0 radical (unpaired) electrons. The van der Waals surface area contributed by atoms with Crippen LogP contribution < -0.4 is 0 Å². The zero-order valence-electron chi connectivity index (χ0n) is 8.57. The van der Waals surface area contributed by atoms with Gasteiger partial charge in [0.1, 0.15) is 11.9 Å². The van der Waals surface area contributed by atoms with Crippen LogP contribution in [0.3, 0.4) is 0 Å². The average molecular weight is 247 g/mol. The van der Waals surface area contributed by atoms with E-state index in [0.717, 1.165) is 0 Å². The van der Waals surface area contributed by atoms with E-state index in [-0.39, 0.29) is 12.2 Å². The topological polar surface area (TPSA) is 119 Å². The summed E-state index contributed by atoms with van der Waals surface area (Å²) in [5.74, 6) is 0.283. The van der Waals surface area contributed by atoms with Gasteiger partial charge in [0.05, 0.1) is 5.66 Å². The zero-order chi connectivity index (χ0) is 11.8. The summed E-state index contributed by atoms with van der Waals surface area (Å²) in [5.41, 5.74) is -2.09. The Morgan fingerprint density at radius 2 is 2.31 bits per heavy atom. The number of nitrogens with one attached hydrogen (secondary N) is 1. The van der Waals surface area contributed by atoms with Crippen LogP contribution in [0.1, 0.15) is 31.5 Å². The first kappa shape index (κ1) is 11.7. The van der Waals surface area contributed by atoms with Crippen LogP contribution in [0, 0.1) is 0 Å². The lowest BCUT2D eigenvalue weighted by atomic mass is 9.84. The molecule has 16 heavy (non-hydrogen) atoms. The first-order valence-electron chi connectivity index (χ1n) is 5.05. The molecule has 1 saturated carbocycles. The van der Waals surface area contributed by atoms with Crippen LogP contribution in [0.2, 0.25) is 0 Å². The number of aliphatic hydroxyl groups is 1. The smallest absolute Gasteiger partial charge is 0.328 e. The van der Waals surface area contributed by atoms with Gasteiger partial charge in [-0.2, -0.15) is 5.10 Å². The van der Waals surface area contributed by atoms with E-state index in [1.807, 2.05) is 0 Å². The van der Waals surface area contributed by atoms with Gasteiger partial charge in [-0.05, 0) is 25.7 Å². The van der Waals surface area contributed by atoms with Gasteiger partial charge in [0.25, 0.3) is 0 Å². The molecule has 1 aromatic heterocycles. The standard InChI is InChI=1S/C8H14N3O4P/c12-8(7-9-5-10-11-7)3-1-2-6(4-8)16(13,14)15/h5-6,12H,1-4H2,(H,9,10,11)(H2,13,14,15). The lowest BCUT2D eigenvalue weighted by Crippen LogP contribution is -2.36. The van der Waals surface area contributed by atoms with Crippen molar-refractivity contribution in [2.75, 3.05) is 0 Å². The molecule has 4 N–H and O–H groups in total. The first-order chi connectivity index (χ1) is 7.42.